The molecule has 25 heavy (non-hydrogen) atoms. The van der Waals surface area contributed by atoms with E-state index in [0.717, 1.165) is 16.0 Å². The van der Waals surface area contributed by atoms with Crippen LogP contribution >= 0.6 is 22.9 Å². The highest BCUT2D eigenvalue weighted by atomic mass is 35.5. The average molecular weight is 392 g/mol. The van der Waals surface area contributed by atoms with Crippen molar-refractivity contribution in [1.29, 1.82) is 0 Å². The number of hydrogen-bond acceptors (Lipinski definition) is 3. The van der Waals surface area contributed by atoms with Gasteiger partial charge in [0, 0.05) is 4.88 Å². The van der Waals surface area contributed by atoms with E-state index in [-0.39, 0.29) is 10.3 Å². The molecule has 1 atom stereocenters. The average Bonchev–Trinajstić information content (AvgIpc) is 3.13. The molecular formula is C19H18ClNO2S2. The monoisotopic (exact) mass is 391 g/mol. The third-order valence-corrected chi connectivity index (χ3v) is 7.31. The van der Waals surface area contributed by atoms with Crippen molar-refractivity contribution in [1.82, 2.24) is 4.72 Å². The van der Waals surface area contributed by atoms with Crippen molar-refractivity contribution in [3.05, 3.63) is 88.8 Å². The smallest absolute Gasteiger partial charge is 0.206 e. The lowest BCUT2D eigenvalue weighted by molar-refractivity contribution is 0.557. The molecule has 2 aromatic carbocycles. The molecule has 0 bridgehead atoms. The highest BCUT2D eigenvalue weighted by Gasteiger charge is 2.23. The molecule has 0 saturated heterocycles. The number of alkyl halides is 1. The number of benzene rings is 2. The molecule has 0 saturated carbocycles. The quantitative estimate of drug-likeness (QED) is 0.591. The number of sulfonamides is 1. The van der Waals surface area contributed by atoms with E-state index in [0.29, 0.717) is 12.3 Å². The summed E-state index contributed by atoms with van der Waals surface area (Å²) in [6.45, 7) is 0. The molecule has 1 unspecified atom stereocenters. The van der Waals surface area contributed by atoms with Gasteiger partial charge < -0.3 is 0 Å². The molecule has 0 amide bonds. The maximum Gasteiger partial charge on any atom is 0.250 e. The van der Waals surface area contributed by atoms with Gasteiger partial charge in [-0.05, 0) is 29.7 Å². The maximum atomic E-state index is 12.8. The maximum absolute atomic E-state index is 12.8. The molecule has 3 nitrogen and oxygen atoms in total. The molecular weight excluding hydrogens is 374 g/mol. The Bertz CT molecular complexity index is 909. The Morgan fingerprint density at radius 2 is 1.56 bits per heavy atom. The highest BCUT2D eigenvalue weighted by Crippen LogP contribution is 2.26. The Morgan fingerprint density at radius 1 is 0.920 bits per heavy atom. The minimum atomic E-state index is -3.61. The van der Waals surface area contributed by atoms with Crippen LogP contribution in [0.5, 0.6) is 0 Å². The molecule has 0 fully saturated rings. The molecule has 0 aliphatic heterocycles. The van der Waals surface area contributed by atoms with Crippen LogP contribution in [0.2, 0.25) is 0 Å². The Balaban J connectivity index is 1.89. The van der Waals surface area contributed by atoms with Gasteiger partial charge in [0.05, 0.1) is 11.9 Å². The summed E-state index contributed by atoms with van der Waals surface area (Å²) < 4.78 is 28.7. The Labute approximate surface area is 157 Å². The van der Waals surface area contributed by atoms with E-state index >= 15 is 0 Å². The summed E-state index contributed by atoms with van der Waals surface area (Å²) in [6, 6.07) is 22.5. The molecule has 6 heteroatoms. The van der Waals surface area contributed by atoms with Crippen LogP contribution in [0.4, 0.5) is 0 Å². The van der Waals surface area contributed by atoms with Gasteiger partial charge in [0.1, 0.15) is 4.21 Å². The first-order chi connectivity index (χ1) is 12.1. The Kier molecular flexibility index (Phi) is 5.91. The van der Waals surface area contributed by atoms with E-state index < -0.39 is 10.0 Å². The fourth-order valence-corrected chi connectivity index (χ4v) is 5.28. The predicted molar refractivity (Wildman–Crippen MR) is 104 cm³/mol. The molecule has 1 aromatic heterocycles. The molecule has 0 spiro atoms. The fourth-order valence-electron chi connectivity index (χ4n) is 2.58. The number of rotatable bonds is 7. The summed E-state index contributed by atoms with van der Waals surface area (Å²) in [5.41, 5.74) is 2.01. The van der Waals surface area contributed by atoms with E-state index in [9.17, 15) is 8.42 Å². The number of halogens is 1. The third kappa shape index (κ3) is 4.70. The van der Waals surface area contributed by atoms with E-state index in [1.807, 2.05) is 60.7 Å². The van der Waals surface area contributed by atoms with E-state index in [2.05, 4.69) is 4.72 Å². The summed E-state index contributed by atoms with van der Waals surface area (Å²) in [5, 5.41) is 0. The second-order valence-corrected chi connectivity index (χ2v) is 9.01. The highest BCUT2D eigenvalue weighted by molar-refractivity contribution is 7.91. The predicted octanol–water partition coefficient (Wildman–Crippen LogP) is 4.75. The Morgan fingerprint density at radius 3 is 2.16 bits per heavy atom. The van der Waals surface area contributed by atoms with Gasteiger partial charge in [-0.15, -0.1) is 22.9 Å². The summed E-state index contributed by atoms with van der Waals surface area (Å²) >= 11 is 7.00. The van der Waals surface area contributed by atoms with Crippen LogP contribution < -0.4 is 4.72 Å². The molecule has 0 aliphatic carbocycles. The minimum absolute atomic E-state index is 0.289. The lowest BCUT2D eigenvalue weighted by atomic mass is 10.00. The summed E-state index contributed by atoms with van der Waals surface area (Å²) in [4.78, 5) is 0.835. The van der Waals surface area contributed by atoms with Crippen LogP contribution in [-0.2, 0) is 22.3 Å². The number of thiophene rings is 1. The van der Waals surface area contributed by atoms with Crippen molar-refractivity contribution >= 4 is 33.0 Å². The number of hydrogen-bond donors (Lipinski definition) is 1. The molecule has 130 valence electrons. The van der Waals surface area contributed by atoms with Crippen LogP contribution in [-0.4, -0.2) is 8.42 Å². The summed E-state index contributed by atoms with van der Waals surface area (Å²) in [6.07, 6.45) is 0.581. The van der Waals surface area contributed by atoms with Gasteiger partial charge >= 0.3 is 0 Å². The normalized spacial score (nSPS) is 12.8. The standard InChI is InChI=1S/C19H18ClNO2S2/c20-14-17-11-12-19(24-17)25(22,23)21-18(16-9-5-2-6-10-16)13-15-7-3-1-4-8-15/h1-12,18,21H,13-14H2. The van der Waals surface area contributed by atoms with E-state index in [1.54, 1.807) is 12.1 Å². The van der Waals surface area contributed by atoms with Crippen molar-refractivity contribution in [2.24, 2.45) is 0 Å². The van der Waals surface area contributed by atoms with Crippen LogP contribution in [0.25, 0.3) is 0 Å². The van der Waals surface area contributed by atoms with Gasteiger partial charge in [-0.2, -0.15) is 0 Å². The van der Waals surface area contributed by atoms with Crippen LogP contribution in [0, 0.1) is 0 Å². The summed E-state index contributed by atoms with van der Waals surface area (Å²) in [7, 11) is -3.61. The zero-order valence-electron chi connectivity index (χ0n) is 13.4. The van der Waals surface area contributed by atoms with Crippen LogP contribution in [0.1, 0.15) is 22.0 Å². The molecule has 1 N–H and O–H groups in total. The largest absolute Gasteiger partial charge is 0.250 e. The fraction of sp³-hybridized carbons (Fsp3) is 0.158. The molecule has 0 aliphatic rings. The lowest BCUT2D eigenvalue weighted by Crippen LogP contribution is -2.29. The molecule has 0 radical (unpaired) electrons. The molecule has 3 aromatic rings. The lowest BCUT2D eigenvalue weighted by Gasteiger charge is -2.19. The zero-order chi connectivity index (χ0) is 17.7. The first-order valence-corrected chi connectivity index (χ1v) is 10.7. The van der Waals surface area contributed by atoms with Crippen molar-refractivity contribution in [2.45, 2.75) is 22.6 Å². The van der Waals surface area contributed by atoms with Gasteiger partial charge in [-0.25, -0.2) is 13.1 Å². The molecule has 3 rings (SSSR count). The van der Waals surface area contributed by atoms with Crippen molar-refractivity contribution < 1.29 is 8.42 Å². The van der Waals surface area contributed by atoms with Gasteiger partial charge in [0.2, 0.25) is 0 Å². The number of nitrogens with one attached hydrogen (secondary N) is 1. The van der Waals surface area contributed by atoms with Gasteiger partial charge in [0.15, 0.2) is 0 Å². The van der Waals surface area contributed by atoms with Gasteiger partial charge in [-0.1, -0.05) is 60.7 Å². The second-order valence-electron chi connectivity index (χ2n) is 5.63. The van der Waals surface area contributed by atoms with Crippen molar-refractivity contribution in [3.63, 3.8) is 0 Å². The van der Waals surface area contributed by atoms with E-state index in [4.69, 9.17) is 11.6 Å². The first-order valence-electron chi connectivity index (χ1n) is 7.84. The second kappa shape index (κ2) is 8.15. The Hall–Kier alpha value is -1.66. The van der Waals surface area contributed by atoms with Crippen molar-refractivity contribution in [3.8, 4) is 0 Å². The summed E-state index contributed by atoms with van der Waals surface area (Å²) in [5.74, 6) is 0.312. The van der Waals surface area contributed by atoms with Crippen LogP contribution in [0.3, 0.4) is 0 Å². The van der Waals surface area contributed by atoms with E-state index in [1.165, 1.54) is 11.3 Å². The first kappa shape index (κ1) is 18.1. The minimum Gasteiger partial charge on any atom is -0.206 e. The van der Waals surface area contributed by atoms with Crippen LogP contribution in [0.15, 0.2) is 77.0 Å². The SMILES string of the molecule is O=S(=O)(NC(Cc1ccccc1)c1ccccc1)c1ccc(CCl)s1. The van der Waals surface area contributed by atoms with Crippen molar-refractivity contribution in [2.75, 3.05) is 0 Å². The molecule has 1 heterocycles. The topological polar surface area (TPSA) is 46.2 Å². The van der Waals surface area contributed by atoms with Gasteiger partial charge in [0.25, 0.3) is 10.0 Å². The van der Waals surface area contributed by atoms with Gasteiger partial charge in [-0.3, -0.25) is 0 Å². The zero-order valence-corrected chi connectivity index (χ0v) is 15.8. The third-order valence-electron chi connectivity index (χ3n) is 3.82.